The zero-order chi connectivity index (χ0) is 20.4. The number of carbonyl (C=O) groups is 1. The van der Waals surface area contributed by atoms with Crippen LogP contribution in [0.5, 0.6) is 0 Å². The third kappa shape index (κ3) is 4.32. The fraction of sp³-hybridized carbons (Fsp3) is 0.261. The van der Waals surface area contributed by atoms with E-state index in [4.69, 9.17) is 0 Å². The van der Waals surface area contributed by atoms with E-state index >= 15 is 0 Å². The normalized spacial score (nSPS) is 13.0. The number of nitrogens with zero attached hydrogens (tertiary/aromatic N) is 1. The van der Waals surface area contributed by atoms with Crippen molar-refractivity contribution < 1.29 is 4.79 Å². The van der Waals surface area contributed by atoms with Crippen LogP contribution in [0.1, 0.15) is 51.1 Å². The number of nitrogens with one attached hydrogen (secondary N) is 2. The molecule has 1 heterocycles. The minimum Gasteiger partial charge on any atom is -0.322 e. The summed E-state index contributed by atoms with van der Waals surface area (Å²) in [5.41, 5.74) is 6.24. The number of aromatic nitrogens is 2. The molecule has 5 nitrogen and oxygen atoms in total. The van der Waals surface area contributed by atoms with Crippen LogP contribution in [-0.4, -0.2) is 16.1 Å². The second kappa shape index (κ2) is 8.33. The molecule has 0 saturated heterocycles. The first kappa shape index (κ1) is 19.6. The van der Waals surface area contributed by atoms with Crippen LogP contribution in [0.4, 0.5) is 5.69 Å². The van der Waals surface area contributed by atoms with Gasteiger partial charge in [-0.15, -0.1) is 0 Å². The molecule has 6 heteroatoms. The van der Waals surface area contributed by atoms with Crippen LogP contribution >= 0.6 is 15.9 Å². The summed E-state index contributed by atoms with van der Waals surface area (Å²) in [6, 6.07) is 13.3. The molecule has 0 atom stereocenters. The van der Waals surface area contributed by atoms with Crippen molar-refractivity contribution in [2.24, 2.45) is 0 Å². The molecule has 0 saturated carbocycles. The van der Waals surface area contributed by atoms with E-state index in [9.17, 15) is 9.59 Å². The maximum absolute atomic E-state index is 12.7. The highest BCUT2D eigenvalue weighted by Crippen LogP contribution is 2.23. The summed E-state index contributed by atoms with van der Waals surface area (Å²) >= 11 is 3.49. The lowest BCUT2D eigenvalue weighted by molar-refractivity contribution is 0.102. The lowest BCUT2D eigenvalue weighted by Gasteiger charge is -2.17. The van der Waals surface area contributed by atoms with Gasteiger partial charge in [0.2, 0.25) is 0 Å². The number of aromatic amines is 1. The van der Waals surface area contributed by atoms with Crippen molar-refractivity contribution in [3.63, 3.8) is 0 Å². The Labute approximate surface area is 177 Å². The maximum Gasteiger partial charge on any atom is 0.267 e. The van der Waals surface area contributed by atoms with E-state index in [0.29, 0.717) is 12.0 Å². The van der Waals surface area contributed by atoms with Crippen molar-refractivity contribution in [2.75, 3.05) is 5.32 Å². The minimum absolute atomic E-state index is 0.0687. The number of aryl methyl sites for hydroxylation is 1. The Balaban J connectivity index is 1.55. The Morgan fingerprint density at radius 2 is 1.93 bits per heavy atom. The summed E-state index contributed by atoms with van der Waals surface area (Å²) in [5, 5.41) is 9.89. The van der Waals surface area contributed by atoms with Crippen molar-refractivity contribution >= 4 is 27.5 Å². The Hall–Kier alpha value is -2.73. The van der Waals surface area contributed by atoms with E-state index in [-0.39, 0.29) is 11.5 Å². The average Bonchev–Trinajstić information content (AvgIpc) is 2.73. The monoisotopic (exact) mass is 451 g/mol. The molecular weight excluding hydrogens is 430 g/mol. The Kier molecular flexibility index (Phi) is 5.62. The van der Waals surface area contributed by atoms with E-state index < -0.39 is 0 Å². The van der Waals surface area contributed by atoms with Gasteiger partial charge in [-0.1, -0.05) is 34.1 Å². The fourth-order valence-electron chi connectivity index (χ4n) is 3.76. The van der Waals surface area contributed by atoms with E-state index in [0.717, 1.165) is 63.8 Å². The lowest BCUT2D eigenvalue weighted by Crippen LogP contribution is -2.23. The number of benzene rings is 2. The first-order valence-electron chi connectivity index (χ1n) is 9.77. The van der Waals surface area contributed by atoms with Crippen LogP contribution in [0.3, 0.4) is 0 Å². The Morgan fingerprint density at radius 3 is 2.72 bits per heavy atom. The minimum atomic E-state index is -0.154. The predicted octanol–water partition coefficient (Wildman–Crippen LogP) is 4.56. The highest BCUT2D eigenvalue weighted by molar-refractivity contribution is 9.10. The number of hydrogen-bond acceptors (Lipinski definition) is 3. The molecular formula is C23H22BrN3O2. The molecule has 2 aromatic carbocycles. The number of halogens is 1. The summed E-state index contributed by atoms with van der Waals surface area (Å²) in [4.78, 5) is 24.8. The zero-order valence-corrected chi connectivity index (χ0v) is 17.8. The van der Waals surface area contributed by atoms with E-state index in [1.807, 2.05) is 43.3 Å². The number of amides is 1. The molecule has 4 rings (SSSR count). The van der Waals surface area contributed by atoms with Gasteiger partial charge < -0.3 is 5.32 Å². The van der Waals surface area contributed by atoms with Gasteiger partial charge in [0.1, 0.15) is 0 Å². The van der Waals surface area contributed by atoms with Crippen molar-refractivity contribution in [2.45, 2.75) is 39.0 Å². The molecule has 1 aliphatic rings. The van der Waals surface area contributed by atoms with Gasteiger partial charge in [0.15, 0.2) is 0 Å². The summed E-state index contributed by atoms with van der Waals surface area (Å²) in [6.45, 7) is 2.00. The second-order valence-corrected chi connectivity index (χ2v) is 8.31. The first-order chi connectivity index (χ1) is 14.0. The van der Waals surface area contributed by atoms with Crippen LogP contribution < -0.4 is 10.9 Å². The molecule has 2 N–H and O–H groups in total. The topological polar surface area (TPSA) is 74.8 Å². The van der Waals surface area contributed by atoms with Crippen molar-refractivity contribution in [1.82, 2.24) is 10.2 Å². The van der Waals surface area contributed by atoms with Crippen LogP contribution in [0.25, 0.3) is 0 Å². The third-order valence-corrected chi connectivity index (χ3v) is 6.23. The van der Waals surface area contributed by atoms with Gasteiger partial charge in [-0.2, -0.15) is 5.10 Å². The molecule has 1 aromatic heterocycles. The van der Waals surface area contributed by atoms with E-state index in [1.54, 1.807) is 6.07 Å². The number of carbonyl (C=O) groups excluding carboxylic acids is 1. The van der Waals surface area contributed by atoms with Crippen molar-refractivity contribution in [3.05, 3.63) is 90.8 Å². The first-order valence-corrected chi connectivity index (χ1v) is 10.6. The average molecular weight is 452 g/mol. The standard InChI is InChI=1S/C23H22BrN3O2/c1-14-9-10-17(13-20(14)24)25-22(28)16-6-4-5-15(11-16)12-21-18-7-2-3-8-19(18)23(29)27-26-21/h4-6,9-11,13H,2-3,7-8,12H2,1H3,(H,25,28)(H,27,29). The van der Waals surface area contributed by atoms with Crippen molar-refractivity contribution in [1.29, 1.82) is 0 Å². The lowest BCUT2D eigenvalue weighted by atomic mass is 9.90. The molecule has 0 fully saturated rings. The summed E-state index contributed by atoms with van der Waals surface area (Å²) in [7, 11) is 0. The van der Waals surface area contributed by atoms with E-state index in [2.05, 4.69) is 31.4 Å². The van der Waals surface area contributed by atoms with Crippen LogP contribution in [0.2, 0.25) is 0 Å². The fourth-order valence-corrected chi connectivity index (χ4v) is 4.14. The van der Waals surface area contributed by atoms with Gasteiger partial charge in [0.05, 0.1) is 5.69 Å². The Bertz CT molecular complexity index is 1140. The quantitative estimate of drug-likeness (QED) is 0.610. The van der Waals surface area contributed by atoms with Crippen LogP contribution in [0, 0.1) is 6.92 Å². The summed E-state index contributed by atoms with van der Waals surface area (Å²) in [6.07, 6.45) is 4.43. The molecule has 0 spiro atoms. The maximum atomic E-state index is 12.7. The SMILES string of the molecule is Cc1ccc(NC(=O)c2cccc(Cc3n[nH]c(=O)c4c3CCCC4)c2)cc1Br. The number of anilines is 1. The van der Waals surface area contributed by atoms with Gasteiger partial charge >= 0.3 is 0 Å². The van der Waals surface area contributed by atoms with Crippen LogP contribution in [0.15, 0.2) is 51.7 Å². The number of fused-ring (bicyclic) bond motifs is 1. The highest BCUT2D eigenvalue weighted by atomic mass is 79.9. The Morgan fingerprint density at radius 1 is 1.14 bits per heavy atom. The zero-order valence-electron chi connectivity index (χ0n) is 16.2. The van der Waals surface area contributed by atoms with Gasteiger partial charge in [-0.3, -0.25) is 9.59 Å². The molecule has 1 aliphatic carbocycles. The summed E-state index contributed by atoms with van der Waals surface area (Å²) in [5.74, 6) is -0.154. The molecule has 0 aliphatic heterocycles. The van der Waals surface area contributed by atoms with Crippen molar-refractivity contribution in [3.8, 4) is 0 Å². The number of rotatable bonds is 4. The molecule has 0 unspecified atom stereocenters. The summed E-state index contributed by atoms with van der Waals surface area (Å²) < 4.78 is 0.956. The molecule has 0 radical (unpaired) electrons. The van der Waals surface area contributed by atoms with Gasteiger partial charge in [-0.05, 0) is 73.6 Å². The number of hydrogen-bond donors (Lipinski definition) is 2. The molecule has 1 amide bonds. The van der Waals surface area contributed by atoms with E-state index in [1.165, 1.54) is 0 Å². The third-order valence-electron chi connectivity index (χ3n) is 5.37. The second-order valence-electron chi connectivity index (χ2n) is 7.46. The van der Waals surface area contributed by atoms with Crippen LogP contribution in [-0.2, 0) is 19.3 Å². The highest BCUT2D eigenvalue weighted by Gasteiger charge is 2.18. The number of H-pyrrole nitrogens is 1. The molecule has 148 valence electrons. The smallest absolute Gasteiger partial charge is 0.267 e. The molecule has 0 bridgehead atoms. The predicted molar refractivity (Wildman–Crippen MR) is 118 cm³/mol. The van der Waals surface area contributed by atoms with Gasteiger partial charge in [-0.25, -0.2) is 5.10 Å². The van der Waals surface area contributed by atoms with Gasteiger partial charge in [0, 0.05) is 27.7 Å². The van der Waals surface area contributed by atoms with Gasteiger partial charge in [0.25, 0.3) is 11.5 Å². The molecule has 29 heavy (non-hydrogen) atoms. The largest absolute Gasteiger partial charge is 0.322 e. The molecule has 3 aromatic rings.